The molecule has 1 heterocycles. The highest BCUT2D eigenvalue weighted by Crippen LogP contribution is 2.39. The lowest BCUT2D eigenvalue weighted by Crippen LogP contribution is -2.04. The van der Waals surface area contributed by atoms with E-state index in [1.807, 2.05) is 38.1 Å². The molecule has 2 aromatic carbocycles. The van der Waals surface area contributed by atoms with E-state index in [0.29, 0.717) is 22.5 Å². The predicted octanol–water partition coefficient (Wildman–Crippen LogP) is 3.58. The van der Waals surface area contributed by atoms with Crippen LogP contribution in [0.5, 0.6) is 11.5 Å². The summed E-state index contributed by atoms with van der Waals surface area (Å²) in [7, 11) is 3.10. The van der Waals surface area contributed by atoms with Crippen molar-refractivity contribution in [3.05, 3.63) is 45.8 Å². The van der Waals surface area contributed by atoms with Gasteiger partial charge in [0, 0.05) is 10.8 Å². The molecule has 4 heteroatoms. The van der Waals surface area contributed by atoms with Gasteiger partial charge in [-0.15, -0.1) is 0 Å². The number of ether oxygens (including phenoxy) is 2. The van der Waals surface area contributed by atoms with Gasteiger partial charge in [-0.05, 0) is 31.0 Å². The molecule has 0 atom stereocenters. The largest absolute Gasteiger partial charge is 0.493 e. The molecule has 0 saturated heterocycles. The van der Waals surface area contributed by atoms with Crippen LogP contribution in [0, 0.1) is 13.8 Å². The fourth-order valence-electron chi connectivity index (χ4n) is 2.81. The maximum Gasteiger partial charge on any atom is 0.344 e. The van der Waals surface area contributed by atoms with Crippen LogP contribution >= 0.6 is 0 Å². The van der Waals surface area contributed by atoms with Gasteiger partial charge in [-0.2, -0.15) is 0 Å². The summed E-state index contributed by atoms with van der Waals surface area (Å²) in [6.45, 7) is 3.87. The quantitative estimate of drug-likeness (QED) is 0.533. The van der Waals surface area contributed by atoms with Crippen molar-refractivity contribution in [2.75, 3.05) is 14.2 Å². The lowest BCUT2D eigenvalue weighted by Gasteiger charge is -2.13. The van der Waals surface area contributed by atoms with Gasteiger partial charge >= 0.3 is 5.63 Å². The van der Waals surface area contributed by atoms with Gasteiger partial charge in [-0.25, -0.2) is 4.79 Å². The standard InChI is InChI=1S/C17H16O4/c1-9-6-5-7-11-13-10(2)8-12(19-3)15(20-4)16(13)21-17(18)14(9)11/h5-8H,1-4H3. The van der Waals surface area contributed by atoms with Gasteiger partial charge in [-0.3, -0.25) is 0 Å². The summed E-state index contributed by atoms with van der Waals surface area (Å²) >= 11 is 0. The van der Waals surface area contributed by atoms with E-state index in [1.54, 1.807) is 7.11 Å². The Morgan fingerprint density at radius 2 is 1.76 bits per heavy atom. The topological polar surface area (TPSA) is 48.7 Å². The second-order valence-corrected chi connectivity index (χ2v) is 5.02. The molecule has 1 aromatic heterocycles. The van der Waals surface area contributed by atoms with Crippen molar-refractivity contribution in [3.63, 3.8) is 0 Å². The number of rotatable bonds is 2. The van der Waals surface area contributed by atoms with Crippen molar-refractivity contribution < 1.29 is 13.9 Å². The molecule has 3 rings (SSSR count). The minimum atomic E-state index is -0.360. The van der Waals surface area contributed by atoms with E-state index in [-0.39, 0.29) is 5.63 Å². The Morgan fingerprint density at radius 1 is 1.00 bits per heavy atom. The highest BCUT2D eigenvalue weighted by atomic mass is 16.5. The Hall–Kier alpha value is -2.49. The van der Waals surface area contributed by atoms with Gasteiger partial charge in [0.2, 0.25) is 5.75 Å². The number of benzene rings is 2. The zero-order valence-electron chi connectivity index (χ0n) is 12.4. The van der Waals surface area contributed by atoms with Crippen molar-refractivity contribution >= 4 is 21.7 Å². The van der Waals surface area contributed by atoms with Crippen molar-refractivity contribution in [2.45, 2.75) is 13.8 Å². The van der Waals surface area contributed by atoms with Gasteiger partial charge in [0.15, 0.2) is 11.3 Å². The molecular weight excluding hydrogens is 268 g/mol. The number of hydrogen-bond donors (Lipinski definition) is 0. The minimum absolute atomic E-state index is 0.360. The predicted molar refractivity (Wildman–Crippen MR) is 82.6 cm³/mol. The number of methoxy groups -OCH3 is 2. The SMILES string of the molecule is COc1cc(C)c2c(oc(=O)c3c(C)cccc32)c1OC. The lowest BCUT2D eigenvalue weighted by atomic mass is 10.00. The van der Waals surface area contributed by atoms with Crippen molar-refractivity contribution in [2.24, 2.45) is 0 Å². The summed E-state index contributed by atoms with van der Waals surface area (Å²) in [6.07, 6.45) is 0. The molecule has 108 valence electrons. The maximum absolute atomic E-state index is 12.3. The van der Waals surface area contributed by atoms with Gasteiger partial charge < -0.3 is 13.9 Å². The summed E-state index contributed by atoms with van der Waals surface area (Å²) < 4.78 is 16.2. The molecular formula is C17H16O4. The van der Waals surface area contributed by atoms with E-state index >= 15 is 0 Å². The third-order valence-electron chi connectivity index (χ3n) is 3.76. The molecule has 0 aliphatic carbocycles. The number of fused-ring (bicyclic) bond motifs is 3. The van der Waals surface area contributed by atoms with E-state index < -0.39 is 0 Å². The molecule has 4 nitrogen and oxygen atoms in total. The molecule has 21 heavy (non-hydrogen) atoms. The third kappa shape index (κ3) is 1.87. The van der Waals surface area contributed by atoms with Gasteiger partial charge in [-0.1, -0.05) is 18.2 Å². The Morgan fingerprint density at radius 3 is 2.43 bits per heavy atom. The first-order valence-corrected chi connectivity index (χ1v) is 6.66. The first-order valence-electron chi connectivity index (χ1n) is 6.66. The highest BCUT2D eigenvalue weighted by Gasteiger charge is 2.18. The van der Waals surface area contributed by atoms with Crippen molar-refractivity contribution in [3.8, 4) is 11.5 Å². The average Bonchev–Trinajstić information content (AvgIpc) is 2.46. The van der Waals surface area contributed by atoms with Crippen LogP contribution in [0.3, 0.4) is 0 Å². The lowest BCUT2D eigenvalue weighted by molar-refractivity contribution is 0.352. The molecule has 0 fully saturated rings. The fraction of sp³-hybridized carbons (Fsp3) is 0.235. The second-order valence-electron chi connectivity index (χ2n) is 5.02. The number of hydrogen-bond acceptors (Lipinski definition) is 4. The van der Waals surface area contributed by atoms with Crippen LogP contribution in [0.15, 0.2) is 33.5 Å². The monoisotopic (exact) mass is 284 g/mol. The van der Waals surface area contributed by atoms with Gasteiger partial charge in [0.1, 0.15) is 0 Å². The maximum atomic E-state index is 12.3. The Bertz CT molecular complexity index is 906. The molecule has 0 spiro atoms. The van der Waals surface area contributed by atoms with E-state index in [0.717, 1.165) is 21.9 Å². The summed E-state index contributed by atoms with van der Waals surface area (Å²) in [5.41, 5.74) is 1.94. The molecule has 0 aliphatic heterocycles. The van der Waals surface area contributed by atoms with Crippen LogP contribution in [-0.2, 0) is 0 Å². The Kier molecular flexibility index (Phi) is 3.09. The molecule has 0 radical (unpaired) electrons. The summed E-state index contributed by atoms with van der Waals surface area (Å²) in [6, 6.07) is 7.66. The van der Waals surface area contributed by atoms with Crippen LogP contribution < -0.4 is 15.1 Å². The first-order chi connectivity index (χ1) is 10.1. The van der Waals surface area contributed by atoms with E-state index in [2.05, 4.69) is 0 Å². The number of aryl methyl sites for hydroxylation is 2. The Balaban J connectivity index is 2.65. The third-order valence-corrected chi connectivity index (χ3v) is 3.76. The van der Waals surface area contributed by atoms with Crippen LogP contribution in [0.1, 0.15) is 11.1 Å². The minimum Gasteiger partial charge on any atom is -0.493 e. The van der Waals surface area contributed by atoms with Crippen LogP contribution in [-0.4, -0.2) is 14.2 Å². The molecule has 3 aromatic rings. The smallest absolute Gasteiger partial charge is 0.344 e. The van der Waals surface area contributed by atoms with Crippen LogP contribution in [0.25, 0.3) is 21.7 Å². The first kappa shape index (κ1) is 13.5. The average molecular weight is 284 g/mol. The van der Waals surface area contributed by atoms with E-state index in [9.17, 15) is 4.79 Å². The second kappa shape index (κ2) is 4.81. The zero-order chi connectivity index (χ0) is 15.1. The van der Waals surface area contributed by atoms with Gasteiger partial charge in [0.05, 0.1) is 19.6 Å². The van der Waals surface area contributed by atoms with E-state index in [1.165, 1.54) is 7.11 Å². The van der Waals surface area contributed by atoms with E-state index in [4.69, 9.17) is 13.9 Å². The molecule has 0 unspecified atom stereocenters. The zero-order valence-corrected chi connectivity index (χ0v) is 12.4. The molecule has 0 aliphatic rings. The highest BCUT2D eigenvalue weighted by molar-refractivity contribution is 6.09. The Labute approximate surface area is 121 Å². The van der Waals surface area contributed by atoms with Crippen LogP contribution in [0.4, 0.5) is 0 Å². The van der Waals surface area contributed by atoms with Gasteiger partial charge in [0.25, 0.3) is 0 Å². The fourth-order valence-corrected chi connectivity index (χ4v) is 2.81. The van der Waals surface area contributed by atoms with Crippen LogP contribution in [0.2, 0.25) is 0 Å². The van der Waals surface area contributed by atoms with Crippen molar-refractivity contribution in [1.82, 2.24) is 0 Å². The molecule has 0 saturated carbocycles. The molecule has 0 N–H and O–H groups in total. The summed E-state index contributed by atoms with van der Waals surface area (Å²) in [4.78, 5) is 12.3. The summed E-state index contributed by atoms with van der Waals surface area (Å²) in [5, 5.41) is 2.37. The molecule has 0 bridgehead atoms. The molecule has 0 amide bonds. The summed E-state index contributed by atoms with van der Waals surface area (Å²) in [5.74, 6) is 0.997. The normalized spacial score (nSPS) is 11.0. The van der Waals surface area contributed by atoms with Crippen molar-refractivity contribution in [1.29, 1.82) is 0 Å².